The van der Waals surface area contributed by atoms with Crippen molar-refractivity contribution in [3.8, 4) is 11.4 Å². The third-order valence-corrected chi connectivity index (χ3v) is 5.61. The molecule has 1 saturated heterocycles. The predicted octanol–water partition coefficient (Wildman–Crippen LogP) is 2.29. The Morgan fingerprint density at radius 2 is 1.85 bits per heavy atom. The number of nitrogens with one attached hydrogen (secondary N) is 1. The van der Waals surface area contributed by atoms with Crippen molar-refractivity contribution in [2.24, 2.45) is 0 Å². The second-order valence-corrected chi connectivity index (χ2v) is 8.74. The number of benzene rings is 1. The summed E-state index contributed by atoms with van der Waals surface area (Å²) >= 11 is 6.40. The molecule has 146 valence electrons. The van der Waals surface area contributed by atoms with E-state index in [1.54, 1.807) is 17.0 Å². The maximum atomic E-state index is 13.0. The molecule has 0 atom stereocenters. The van der Waals surface area contributed by atoms with Gasteiger partial charge in [0.2, 0.25) is 10.0 Å². The number of piperidine rings is 1. The molecule has 7 nitrogen and oxygen atoms in total. The van der Waals surface area contributed by atoms with Gasteiger partial charge in [-0.05, 0) is 31.0 Å². The number of aromatic nitrogens is 1. The van der Waals surface area contributed by atoms with Crippen LogP contribution in [0, 0.1) is 0 Å². The van der Waals surface area contributed by atoms with E-state index in [-0.39, 0.29) is 11.9 Å². The van der Waals surface area contributed by atoms with Gasteiger partial charge < -0.3 is 14.2 Å². The molecule has 2 aromatic rings. The lowest BCUT2D eigenvalue weighted by atomic mass is 10.0. The monoisotopic (exact) mass is 411 g/mol. The lowest BCUT2D eigenvalue weighted by Gasteiger charge is -2.32. The second kappa shape index (κ2) is 7.92. The first-order valence-corrected chi connectivity index (χ1v) is 10.8. The van der Waals surface area contributed by atoms with Crippen molar-refractivity contribution in [3.63, 3.8) is 0 Å². The zero-order valence-corrected chi connectivity index (χ0v) is 16.8. The molecule has 1 amide bonds. The average Bonchev–Trinajstić information content (AvgIpc) is 3.14. The molecule has 0 unspecified atom stereocenters. The van der Waals surface area contributed by atoms with Gasteiger partial charge in [-0.2, -0.15) is 0 Å². The van der Waals surface area contributed by atoms with Gasteiger partial charge in [0.1, 0.15) is 5.75 Å². The molecule has 1 aliphatic heterocycles. The van der Waals surface area contributed by atoms with Crippen LogP contribution >= 0.6 is 11.6 Å². The number of nitrogens with zero attached hydrogens (tertiary/aromatic N) is 2. The Morgan fingerprint density at radius 3 is 2.41 bits per heavy atom. The molecule has 1 aliphatic rings. The minimum absolute atomic E-state index is 0.148. The van der Waals surface area contributed by atoms with Crippen molar-refractivity contribution in [2.45, 2.75) is 18.9 Å². The normalized spacial score (nSPS) is 15.7. The fraction of sp³-hybridized carbons (Fsp3) is 0.389. The third kappa shape index (κ3) is 4.63. The Balaban J connectivity index is 1.78. The molecule has 0 bridgehead atoms. The van der Waals surface area contributed by atoms with Crippen molar-refractivity contribution in [1.29, 1.82) is 0 Å². The fourth-order valence-corrected chi connectivity index (χ4v) is 4.35. The molecule has 9 heteroatoms. The molecule has 0 radical (unpaired) electrons. The van der Waals surface area contributed by atoms with Gasteiger partial charge in [-0.15, -0.1) is 0 Å². The highest BCUT2D eigenvalue weighted by molar-refractivity contribution is 7.88. The van der Waals surface area contributed by atoms with Crippen molar-refractivity contribution in [2.75, 3.05) is 26.5 Å². The summed E-state index contributed by atoms with van der Waals surface area (Å²) in [6, 6.07) is 6.99. The molecule has 0 aliphatic carbocycles. The van der Waals surface area contributed by atoms with Crippen LogP contribution in [0.5, 0.6) is 5.75 Å². The highest BCUT2D eigenvalue weighted by atomic mass is 35.5. The van der Waals surface area contributed by atoms with Crippen molar-refractivity contribution < 1.29 is 17.9 Å². The largest absolute Gasteiger partial charge is 0.496 e. The Kier molecular flexibility index (Phi) is 5.78. The number of hydrogen-bond acceptors (Lipinski definition) is 4. The minimum atomic E-state index is -3.25. The first-order chi connectivity index (χ1) is 12.8. The van der Waals surface area contributed by atoms with Crippen LogP contribution in [0.3, 0.4) is 0 Å². The molecule has 1 aromatic carbocycles. The molecular formula is C18H22ClN3O4S. The Bertz CT molecular complexity index is 920. The van der Waals surface area contributed by atoms with Crippen molar-refractivity contribution >= 4 is 27.5 Å². The van der Waals surface area contributed by atoms with Crippen molar-refractivity contribution in [3.05, 3.63) is 47.2 Å². The molecule has 1 fully saturated rings. The smallest absolute Gasteiger partial charge is 0.257 e. The number of carbonyl (C=O) groups excluding carboxylic acids is 1. The van der Waals surface area contributed by atoms with Crippen LogP contribution in [0.25, 0.3) is 5.69 Å². The van der Waals surface area contributed by atoms with E-state index in [1.165, 1.54) is 7.11 Å². The number of likely N-dealkylation sites (tertiary alicyclic amines) is 1. The summed E-state index contributed by atoms with van der Waals surface area (Å²) in [5.74, 6) is 0.273. The second-order valence-electron chi connectivity index (χ2n) is 6.55. The van der Waals surface area contributed by atoms with Gasteiger partial charge in [-0.1, -0.05) is 11.6 Å². The van der Waals surface area contributed by atoms with Crippen LogP contribution in [0.4, 0.5) is 0 Å². The van der Waals surface area contributed by atoms with E-state index in [2.05, 4.69) is 4.72 Å². The van der Waals surface area contributed by atoms with Crippen LogP contribution < -0.4 is 9.46 Å². The number of carbonyl (C=O) groups is 1. The maximum Gasteiger partial charge on any atom is 0.257 e. The molecule has 2 heterocycles. The minimum Gasteiger partial charge on any atom is -0.496 e. The fourth-order valence-electron chi connectivity index (χ4n) is 3.25. The molecule has 27 heavy (non-hydrogen) atoms. The van der Waals surface area contributed by atoms with Gasteiger partial charge in [0.25, 0.3) is 5.91 Å². The first kappa shape index (κ1) is 19.7. The molecule has 1 N–H and O–H groups in total. The zero-order chi connectivity index (χ0) is 19.6. The lowest BCUT2D eigenvalue weighted by molar-refractivity contribution is 0.0708. The Morgan fingerprint density at radius 1 is 1.22 bits per heavy atom. The van der Waals surface area contributed by atoms with E-state index in [1.807, 2.05) is 29.1 Å². The highest BCUT2D eigenvalue weighted by Crippen LogP contribution is 2.31. The van der Waals surface area contributed by atoms with Gasteiger partial charge >= 0.3 is 0 Å². The predicted molar refractivity (Wildman–Crippen MR) is 104 cm³/mol. The standard InChI is InChI=1S/C18H22ClN3O4S/c1-26-17-12-16(21-7-3-4-8-21)15(19)11-14(17)18(23)22-9-5-13(6-10-22)20-27(2,24)25/h3-4,7-8,11-13,20H,5-6,9-10H2,1-2H3. The summed E-state index contributed by atoms with van der Waals surface area (Å²) < 4.78 is 32.6. The van der Waals surface area contributed by atoms with Crippen LogP contribution in [-0.2, 0) is 10.0 Å². The molecule has 0 saturated carbocycles. The number of sulfonamides is 1. The van der Waals surface area contributed by atoms with Crippen LogP contribution in [0.2, 0.25) is 5.02 Å². The molecule has 3 rings (SSSR count). The van der Waals surface area contributed by atoms with Gasteiger partial charge in [-0.3, -0.25) is 4.79 Å². The number of rotatable bonds is 5. The number of hydrogen-bond donors (Lipinski definition) is 1. The quantitative estimate of drug-likeness (QED) is 0.818. The summed E-state index contributed by atoms with van der Waals surface area (Å²) in [4.78, 5) is 14.7. The average molecular weight is 412 g/mol. The third-order valence-electron chi connectivity index (χ3n) is 4.54. The Hall–Kier alpha value is -2.03. The van der Waals surface area contributed by atoms with Gasteiger partial charge in [0.15, 0.2) is 0 Å². The summed E-state index contributed by atoms with van der Waals surface area (Å²) in [6.45, 7) is 0.929. The number of methoxy groups -OCH3 is 1. The molecule has 1 aromatic heterocycles. The van der Waals surface area contributed by atoms with E-state index in [4.69, 9.17) is 16.3 Å². The van der Waals surface area contributed by atoms with E-state index in [9.17, 15) is 13.2 Å². The topological polar surface area (TPSA) is 80.6 Å². The summed E-state index contributed by atoms with van der Waals surface area (Å²) in [5.41, 5.74) is 1.12. The van der Waals surface area contributed by atoms with Crippen LogP contribution in [-0.4, -0.2) is 56.3 Å². The van der Waals surface area contributed by atoms with E-state index in [0.29, 0.717) is 42.3 Å². The summed E-state index contributed by atoms with van der Waals surface area (Å²) in [5, 5.41) is 0.448. The number of halogens is 1. The SMILES string of the molecule is COc1cc(-n2cccc2)c(Cl)cc1C(=O)N1CCC(NS(C)(=O)=O)CC1. The lowest BCUT2D eigenvalue weighted by Crippen LogP contribution is -2.46. The van der Waals surface area contributed by atoms with Crippen LogP contribution in [0.15, 0.2) is 36.7 Å². The molecule has 0 spiro atoms. The summed E-state index contributed by atoms with van der Waals surface area (Å²) in [6.07, 6.45) is 6.00. The maximum absolute atomic E-state index is 13.0. The highest BCUT2D eigenvalue weighted by Gasteiger charge is 2.27. The van der Waals surface area contributed by atoms with Crippen molar-refractivity contribution in [1.82, 2.24) is 14.2 Å². The van der Waals surface area contributed by atoms with E-state index < -0.39 is 10.0 Å². The van der Waals surface area contributed by atoms with Gasteiger partial charge in [0, 0.05) is 37.6 Å². The first-order valence-electron chi connectivity index (χ1n) is 8.56. The summed E-state index contributed by atoms with van der Waals surface area (Å²) in [7, 11) is -1.73. The van der Waals surface area contributed by atoms with Gasteiger partial charge in [-0.25, -0.2) is 13.1 Å². The van der Waals surface area contributed by atoms with Gasteiger partial charge in [0.05, 0.1) is 29.6 Å². The zero-order valence-electron chi connectivity index (χ0n) is 15.2. The number of amides is 1. The molecular weight excluding hydrogens is 390 g/mol. The Labute approximate surface area is 163 Å². The number of ether oxygens (including phenoxy) is 1. The van der Waals surface area contributed by atoms with E-state index in [0.717, 1.165) is 11.9 Å². The van der Waals surface area contributed by atoms with E-state index >= 15 is 0 Å². The van der Waals surface area contributed by atoms with Crippen LogP contribution in [0.1, 0.15) is 23.2 Å².